The van der Waals surface area contributed by atoms with Crippen LogP contribution in [0.3, 0.4) is 0 Å². The highest BCUT2D eigenvalue weighted by atomic mass is 32.2. The van der Waals surface area contributed by atoms with Crippen LogP contribution in [-0.2, 0) is 14.8 Å². The Balaban J connectivity index is 1.92. The fraction of sp³-hybridized carbons (Fsp3) is 0.174. The van der Waals surface area contributed by atoms with Crippen molar-refractivity contribution in [2.24, 2.45) is 0 Å². The summed E-state index contributed by atoms with van der Waals surface area (Å²) in [5.41, 5.74) is 2.07. The molecular formula is C23H24N2O3S3. The van der Waals surface area contributed by atoms with Crippen LogP contribution in [0.25, 0.3) is 0 Å². The van der Waals surface area contributed by atoms with E-state index in [2.05, 4.69) is 5.32 Å². The van der Waals surface area contributed by atoms with Crippen LogP contribution >= 0.6 is 23.5 Å². The zero-order chi connectivity index (χ0) is 22.4. The van der Waals surface area contributed by atoms with E-state index in [1.807, 2.05) is 49.8 Å². The minimum atomic E-state index is -3.93. The van der Waals surface area contributed by atoms with E-state index in [-0.39, 0.29) is 11.4 Å². The quantitative estimate of drug-likeness (QED) is 0.452. The molecule has 0 radical (unpaired) electrons. The van der Waals surface area contributed by atoms with Gasteiger partial charge >= 0.3 is 0 Å². The molecule has 0 heterocycles. The van der Waals surface area contributed by atoms with E-state index in [0.717, 1.165) is 19.7 Å². The van der Waals surface area contributed by atoms with Crippen LogP contribution in [0.4, 0.5) is 11.4 Å². The molecule has 0 atom stereocenters. The Morgan fingerprint density at radius 1 is 0.903 bits per heavy atom. The number of sulfonamides is 1. The molecule has 0 saturated carbocycles. The SMILES string of the molecule is CSc1ccc(S(=O)(=O)N(CC(=O)Nc2cccc(SC)c2)c2ccc(C)cc2)cc1. The molecule has 3 aromatic carbocycles. The summed E-state index contributed by atoms with van der Waals surface area (Å²) in [6.45, 7) is 1.59. The second kappa shape index (κ2) is 10.3. The van der Waals surface area contributed by atoms with E-state index in [1.165, 1.54) is 11.8 Å². The van der Waals surface area contributed by atoms with Crippen molar-refractivity contribution < 1.29 is 13.2 Å². The number of amides is 1. The fourth-order valence-electron chi connectivity index (χ4n) is 2.93. The van der Waals surface area contributed by atoms with Crippen molar-refractivity contribution in [1.29, 1.82) is 0 Å². The lowest BCUT2D eigenvalue weighted by atomic mass is 10.2. The number of nitrogens with one attached hydrogen (secondary N) is 1. The molecule has 31 heavy (non-hydrogen) atoms. The van der Waals surface area contributed by atoms with E-state index in [9.17, 15) is 13.2 Å². The smallest absolute Gasteiger partial charge is 0.264 e. The fourth-order valence-corrected chi connectivity index (χ4v) is 5.22. The zero-order valence-electron chi connectivity index (χ0n) is 17.5. The van der Waals surface area contributed by atoms with Gasteiger partial charge in [-0.05, 0) is 74.0 Å². The summed E-state index contributed by atoms with van der Waals surface area (Å²) in [5.74, 6) is -0.414. The van der Waals surface area contributed by atoms with Crippen LogP contribution in [0.2, 0.25) is 0 Å². The average Bonchev–Trinajstić information content (AvgIpc) is 2.78. The van der Waals surface area contributed by atoms with Crippen LogP contribution in [0.15, 0.2) is 87.5 Å². The molecule has 1 N–H and O–H groups in total. The zero-order valence-corrected chi connectivity index (χ0v) is 20.0. The molecule has 0 bridgehead atoms. The third kappa shape index (κ3) is 5.84. The summed E-state index contributed by atoms with van der Waals surface area (Å²) in [7, 11) is -3.93. The molecule has 0 aliphatic rings. The topological polar surface area (TPSA) is 66.5 Å². The van der Waals surface area contributed by atoms with Crippen LogP contribution < -0.4 is 9.62 Å². The Morgan fingerprint density at radius 2 is 1.55 bits per heavy atom. The van der Waals surface area contributed by atoms with Gasteiger partial charge in [0.25, 0.3) is 10.0 Å². The highest BCUT2D eigenvalue weighted by Gasteiger charge is 2.27. The van der Waals surface area contributed by atoms with Crippen LogP contribution in [0.5, 0.6) is 0 Å². The molecule has 0 spiro atoms. The van der Waals surface area contributed by atoms with Gasteiger partial charge < -0.3 is 5.32 Å². The molecule has 8 heteroatoms. The summed E-state index contributed by atoms with van der Waals surface area (Å²) in [6, 6.07) is 21.2. The lowest BCUT2D eigenvalue weighted by Crippen LogP contribution is -2.38. The first-order chi connectivity index (χ1) is 14.8. The standard InChI is InChI=1S/C23H24N2O3S3/c1-17-7-9-19(10-8-17)25(31(27,28)22-13-11-20(29-2)12-14-22)16-23(26)24-18-5-4-6-21(15-18)30-3/h4-15H,16H2,1-3H3,(H,24,26). The van der Waals surface area contributed by atoms with Gasteiger partial charge in [-0.25, -0.2) is 8.42 Å². The summed E-state index contributed by atoms with van der Waals surface area (Å²) >= 11 is 3.10. The molecule has 1 amide bonds. The van der Waals surface area contributed by atoms with Gasteiger partial charge in [0, 0.05) is 15.5 Å². The molecule has 0 aromatic heterocycles. The Bertz CT molecular complexity index is 1150. The summed E-state index contributed by atoms with van der Waals surface area (Å²) in [6.07, 6.45) is 3.88. The maximum absolute atomic E-state index is 13.4. The molecular weight excluding hydrogens is 448 g/mol. The number of aryl methyl sites for hydroxylation is 1. The number of anilines is 2. The van der Waals surface area contributed by atoms with Crippen molar-refractivity contribution in [3.05, 3.63) is 78.4 Å². The monoisotopic (exact) mass is 472 g/mol. The lowest BCUT2D eigenvalue weighted by molar-refractivity contribution is -0.114. The number of rotatable bonds is 8. The Labute approximate surface area is 192 Å². The highest BCUT2D eigenvalue weighted by Crippen LogP contribution is 2.26. The van der Waals surface area contributed by atoms with Gasteiger partial charge in [-0.2, -0.15) is 0 Å². The van der Waals surface area contributed by atoms with Gasteiger partial charge in [0.15, 0.2) is 0 Å². The highest BCUT2D eigenvalue weighted by molar-refractivity contribution is 7.98. The largest absolute Gasteiger partial charge is 0.324 e. The van der Waals surface area contributed by atoms with Gasteiger partial charge in [-0.15, -0.1) is 23.5 Å². The van der Waals surface area contributed by atoms with Gasteiger partial charge in [0.1, 0.15) is 6.54 Å². The number of benzene rings is 3. The minimum Gasteiger partial charge on any atom is -0.324 e. The third-order valence-electron chi connectivity index (χ3n) is 4.61. The molecule has 162 valence electrons. The maximum Gasteiger partial charge on any atom is 0.264 e. The van der Waals surface area contributed by atoms with E-state index < -0.39 is 15.9 Å². The van der Waals surface area contributed by atoms with Gasteiger partial charge in [-0.1, -0.05) is 23.8 Å². The van der Waals surface area contributed by atoms with Gasteiger partial charge in [-0.3, -0.25) is 9.10 Å². The van der Waals surface area contributed by atoms with Crippen molar-refractivity contribution in [3.8, 4) is 0 Å². The number of carbonyl (C=O) groups excluding carboxylic acids is 1. The van der Waals surface area contributed by atoms with Crippen molar-refractivity contribution in [2.45, 2.75) is 21.6 Å². The predicted molar refractivity (Wildman–Crippen MR) is 131 cm³/mol. The molecule has 3 aromatic rings. The third-order valence-corrected chi connectivity index (χ3v) is 7.87. The predicted octanol–water partition coefficient (Wildman–Crippen LogP) is 5.27. The summed E-state index contributed by atoms with van der Waals surface area (Å²) in [4.78, 5) is 14.9. The number of hydrogen-bond donors (Lipinski definition) is 1. The van der Waals surface area contributed by atoms with Crippen molar-refractivity contribution in [3.63, 3.8) is 0 Å². The minimum absolute atomic E-state index is 0.142. The van der Waals surface area contributed by atoms with E-state index >= 15 is 0 Å². The number of nitrogens with zero attached hydrogens (tertiary/aromatic N) is 1. The number of thioether (sulfide) groups is 2. The second-order valence-electron chi connectivity index (χ2n) is 6.80. The molecule has 3 rings (SSSR count). The first-order valence-electron chi connectivity index (χ1n) is 9.51. The van der Waals surface area contributed by atoms with Crippen molar-refractivity contribution >= 4 is 50.8 Å². The number of hydrogen-bond acceptors (Lipinski definition) is 5. The van der Waals surface area contributed by atoms with Crippen molar-refractivity contribution in [2.75, 3.05) is 28.7 Å². The van der Waals surface area contributed by atoms with Crippen LogP contribution in [-0.4, -0.2) is 33.4 Å². The Kier molecular flexibility index (Phi) is 7.69. The van der Waals surface area contributed by atoms with E-state index in [0.29, 0.717) is 11.4 Å². The van der Waals surface area contributed by atoms with Gasteiger partial charge in [0.2, 0.25) is 5.91 Å². The van der Waals surface area contributed by atoms with Crippen molar-refractivity contribution in [1.82, 2.24) is 0 Å². The Hall–Kier alpha value is -2.42. The molecule has 0 aliphatic heterocycles. The summed E-state index contributed by atoms with van der Waals surface area (Å²) in [5, 5.41) is 2.81. The lowest BCUT2D eigenvalue weighted by Gasteiger charge is -2.24. The molecule has 0 saturated heterocycles. The van der Waals surface area contributed by atoms with Crippen LogP contribution in [0, 0.1) is 6.92 Å². The molecule has 0 fully saturated rings. The van der Waals surface area contributed by atoms with E-state index in [1.54, 1.807) is 54.2 Å². The number of carbonyl (C=O) groups is 1. The Morgan fingerprint density at radius 3 is 2.16 bits per heavy atom. The van der Waals surface area contributed by atoms with E-state index in [4.69, 9.17) is 0 Å². The van der Waals surface area contributed by atoms with Crippen LogP contribution in [0.1, 0.15) is 5.56 Å². The summed E-state index contributed by atoms with van der Waals surface area (Å²) < 4.78 is 28.0. The first-order valence-corrected chi connectivity index (χ1v) is 13.4. The second-order valence-corrected chi connectivity index (χ2v) is 10.4. The molecule has 0 unspecified atom stereocenters. The average molecular weight is 473 g/mol. The molecule has 0 aliphatic carbocycles. The van der Waals surface area contributed by atoms with Gasteiger partial charge in [0.05, 0.1) is 10.6 Å². The normalized spacial score (nSPS) is 11.2. The maximum atomic E-state index is 13.4. The first kappa shape index (κ1) is 23.2. The molecule has 5 nitrogen and oxygen atoms in total.